The summed E-state index contributed by atoms with van der Waals surface area (Å²) in [5, 5.41) is 0. The summed E-state index contributed by atoms with van der Waals surface area (Å²) in [5.74, 6) is 0.971. The van der Waals surface area contributed by atoms with Crippen molar-refractivity contribution in [3.05, 3.63) is 35.9 Å². The monoisotopic (exact) mass is 206 g/mol. The first kappa shape index (κ1) is 9.49. The number of hydrogen-bond acceptors (Lipinski definition) is 2. The summed E-state index contributed by atoms with van der Waals surface area (Å²) in [6.07, 6.45) is 1.83. The van der Waals surface area contributed by atoms with Crippen molar-refractivity contribution in [2.45, 2.75) is 19.7 Å². The normalized spacial score (nSPS) is 18.1. The Kier molecular flexibility index (Phi) is 2.21. The number of fused-ring (bicyclic) bond motifs is 1. The molecule has 74 valence electrons. The van der Waals surface area contributed by atoms with Crippen LogP contribution in [-0.4, -0.2) is 8.56 Å². The van der Waals surface area contributed by atoms with E-state index >= 15 is 0 Å². The smallest absolute Gasteiger partial charge is 0.392 e. The summed E-state index contributed by atoms with van der Waals surface area (Å²) in [6, 6.07) is 6.08. The van der Waals surface area contributed by atoms with Gasteiger partial charge in [0.05, 0.1) is 6.61 Å². The standard InChI is InChI=1S/C11H14O2Si/c1-4-9-5-6-11-10(7-9)8-12-14(2,3)13-11/h4-7H,1,8H2,2-3H3. The van der Waals surface area contributed by atoms with Crippen LogP contribution in [0.25, 0.3) is 6.08 Å². The molecule has 2 rings (SSSR count). The Bertz CT molecular complexity index is 372. The minimum Gasteiger partial charge on any atom is -0.520 e. The van der Waals surface area contributed by atoms with E-state index in [1.54, 1.807) is 0 Å². The zero-order valence-corrected chi connectivity index (χ0v) is 9.54. The van der Waals surface area contributed by atoms with Crippen molar-refractivity contribution < 1.29 is 8.85 Å². The summed E-state index contributed by atoms with van der Waals surface area (Å²) in [7, 11) is -1.90. The molecule has 3 heteroatoms. The summed E-state index contributed by atoms with van der Waals surface area (Å²) < 4.78 is 11.5. The molecule has 0 saturated carbocycles. The maximum Gasteiger partial charge on any atom is 0.392 e. The molecule has 14 heavy (non-hydrogen) atoms. The van der Waals surface area contributed by atoms with Gasteiger partial charge in [-0.1, -0.05) is 18.7 Å². The van der Waals surface area contributed by atoms with Crippen LogP contribution in [0.3, 0.4) is 0 Å². The molecule has 1 aliphatic rings. The second-order valence-corrected chi connectivity index (χ2v) is 7.15. The van der Waals surface area contributed by atoms with Crippen LogP contribution in [-0.2, 0) is 11.0 Å². The first-order chi connectivity index (χ1) is 6.61. The highest BCUT2D eigenvalue weighted by atomic mass is 28.4. The van der Waals surface area contributed by atoms with E-state index < -0.39 is 8.56 Å². The van der Waals surface area contributed by atoms with Crippen LogP contribution in [0.2, 0.25) is 13.1 Å². The molecule has 0 bridgehead atoms. The van der Waals surface area contributed by atoms with Gasteiger partial charge in [0, 0.05) is 5.56 Å². The van der Waals surface area contributed by atoms with Gasteiger partial charge in [-0.05, 0) is 30.8 Å². The predicted octanol–water partition coefficient (Wildman–Crippen LogP) is 2.94. The highest BCUT2D eigenvalue weighted by molar-refractivity contribution is 6.65. The van der Waals surface area contributed by atoms with Gasteiger partial charge in [-0.15, -0.1) is 0 Å². The molecule has 0 saturated heterocycles. The lowest BCUT2D eigenvalue weighted by Gasteiger charge is -2.30. The highest BCUT2D eigenvalue weighted by Gasteiger charge is 2.31. The van der Waals surface area contributed by atoms with Crippen LogP contribution in [0.5, 0.6) is 5.75 Å². The van der Waals surface area contributed by atoms with Crippen LogP contribution >= 0.6 is 0 Å². The van der Waals surface area contributed by atoms with E-state index in [-0.39, 0.29) is 0 Å². The minimum absolute atomic E-state index is 0.663. The third-order valence-electron chi connectivity index (χ3n) is 2.25. The number of benzene rings is 1. The molecule has 1 aromatic carbocycles. The summed E-state index contributed by atoms with van der Waals surface area (Å²) in [5.41, 5.74) is 2.23. The predicted molar refractivity (Wildman–Crippen MR) is 59.4 cm³/mol. The first-order valence-electron chi connectivity index (χ1n) is 4.69. The van der Waals surface area contributed by atoms with Crippen molar-refractivity contribution in [1.82, 2.24) is 0 Å². The number of hydrogen-bond donors (Lipinski definition) is 0. The van der Waals surface area contributed by atoms with E-state index in [0.29, 0.717) is 6.61 Å². The SMILES string of the molecule is C=Cc1ccc2c(c1)CO[Si](C)(C)O2. The molecule has 0 aliphatic carbocycles. The molecule has 0 fully saturated rings. The Labute approximate surface area is 85.4 Å². The van der Waals surface area contributed by atoms with E-state index in [0.717, 1.165) is 16.9 Å². The topological polar surface area (TPSA) is 18.5 Å². The Morgan fingerprint density at radius 1 is 1.43 bits per heavy atom. The van der Waals surface area contributed by atoms with Crippen molar-refractivity contribution in [1.29, 1.82) is 0 Å². The van der Waals surface area contributed by atoms with Crippen molar-refractivity contribution in [2.75, 3.05) is 0 Å². The van der Waals surface area contributed by atoms with Gasteiger partial charge in [0.1, 0.15) is 5.75 Å². The van der Waals surface area contributed by atoms with Crippen LogP contribution in [0.1, 0.15) is 11.1 Å². The zero-order chi connectivity index (χ0) is 10.2. The molecule has 0 N–H and O–H groups in total. The quantitative estimate of drug-likeness (QED) is 0.658. The largest absolute Gasteiger partial charge is 0.520 e. The van der Waals surface area contributed by atoms with E-state index in [1.807, 2.05) is 18.2 Å². The summed E-state index contributed by atoms with van der Waals surface area (Å²) in [4.78, 5) is 0. The summed E-state index contributed by atoms with van der Waals surface area (Å²) >= 11 is 0. The maximum absolute atomic E-state index is 5.80. The Morgan fingerprint density at radius 3 is 2.93 bits per heavy atom. The molecule has 0 atom stereocenters. The molecule has 0 spiro atoms. The molecule has 0 unspecified atom stereocenters. The molecule has 1 aromatic rings. The molecule has 0 aromatic heterocycles. The van der Waals surface area contributed by atoms with Gasteiger partial charge in [-0.25, -0.2) is 0 Å². The minimum atomic E-state index is -1.90. The average molecular weight is 206 g/mol. The third-order valence-corrected chi connectivity index (χ3v) is 3.80. The molecular weight excluding hydrogens is 192 g/mol. The van der Waals surface area contributed by atoms with E-state index in [4.69, 9.17) is 8.85 Å². The lowest BCUT2D eigenvalue weighted by atomic mass is 10.1. The molecule has 1 aliphatic heterocycles. The fourth-order valence-electron chi connectivity index (χ4n) is 1.48. The van der Waals surface area contributed by atoms with Crippen molar-refractivity contribution >= 4 is 14.6 Å². The van der Waals surface area contributed by atoms with Crippen LogP contribution in [0.4, 0.5) is 0 Å². The number of rotatable bonds is 1. The van der Waals surface area contributed by atoms with E-state index in [1.165, 1.54) is 0 Å². The van der Waals surface area contributed by atoms with Gasteiger partial charge >= 0.3 is 8.56 Å². The highest BCUT2D eigenvalue weighted by Crippen LogP contribution is 2.29. The van der Waals surface area contributed by atoms with E-state index in [9.17, 15) is 0 Å². The van der Waals surface area contributed by atoms with Crippen molar-refractivity contribution in [2.24, 2.45) is 0 Å². The average Bonchev–Trinajstić information content (AvgIpc) is 2.16. The third kappa shape index (κ3) is 1.74. The molecular formula is C11H14O2Si. The lowest BCUT2D eigenvalue weighted by molar-refractivity contribution is 0.211. The molecule has 0 radical (unpaired) electrons. The maximum atomic E-state index is 5.80. The molecule has 2 nitrogen and oxygen atoms in total. The Morgan fingerprint density at radius 2 is 2.21 bits per heavy atom. The van der Waals surface area contributed by atoms with E-state index in [2.05, 4.69) is 25.7 Å². The molecule has 0 amide bonds. The fraction of sp³-hybridized carbons (Fsp3) is 0.273. The Hall–Kier alpha value is -1.06. The van der Waals surface area contributed by atoms with Crippen LogP contribution < -0.4 is 4.43 Å². The second kappa shape index (κ2) is 3.26. The zero-order valence-electron chi connectivity index (χ0n) is 8.54. The van der Waals surface area contributed by atoms with Crippen LogP contribution in [0, 0.1) is 0 Å². The van der Waals surface area contributed by atoms with Gasteiger partial charge in [-0.2, -0.15) is 0 Å². The fourth-order valence-corrected chi connectivity index (χ4v) is 2.78. The van der Waals surface area contributed by atoms with Crippen LogP contribution in [0.15, 0.2) is 24.8 Å². The summed E-state index contributed by atoms with van der Waals surface area (Å²) in [6.45, 7) is 8.50. The van der Waals surface area contributed by atoms with Crippen molar-refractivity contribution in [3.63, 3.8) is 0 Å². The second-order valence-electron chi connectivity index (χ2n) is 3.86. The first-order valence-corrected chi connectivity index (χ1v) is 7.51. The van der Waals surface area contributed by atoms with Crippen molar-refractivity contribution in [3.8, 4) is 5.75 Å². The Balaban J connectivity index is 2.37. The van der Waals surface area contributed by atoms with Gasteiger partial charge in [-0.3, -0.25) is 0 Å². The molecule has 1 heterocycles. The van der Waals surface area contributed by atoms with Gasteiger partial charge < -0.3 is 8.85 Å². The van der Waals surface area contributed by atoms with Gasteiger partial charge in [0.15, 0.2) is 0 Å². The lowest BCUT2D eigenvalue weighted by Crippen LogP contribution is -2.41. The van der Waals surface area contributed by atoms with Gasteiger partial charge in [0.25, 0.3) is 0 Å². The van der Waals surface area contributed by atoms with Gasteiger partial charge in [0.2, 0.25) is 0 Å².